The second kappa shape index (κ2) is 5.92. The summed E-state index contributed by atoms with van der Waals surface area (Å²) in [6, 6.07) is 3.94. The molecular formula is C14H15N7OS. The summed E-state index contributed by atoms with van der Waals surface area (Å²) < 4.78 is 3.41. The van der Waals surface area contributed by atoms with Crippen molar-refractivity contribution in [3.8, 4) is 5.69 Å². The third kappa shape index (κ3) is 2.63. The molecule has 1 fully saturated rings. The monoisotopic (exact) mass is 329 g/mol. The standard InChI is InChI=1S/C14H15N7OS/c22-14(13-12(4-8-23-13)21-10-15-17-18-21)20-7-1-3-11(20)9-19-6-2-5-16-19/h2,4-6,8,10-11H,1,3,7,9H2/t11-/m0/s1. The van der Waals surface area contributed by atoms with Gasteiger partial charge < -0.3 is 4.90 Å². The topological polar surface area (TPSA) is 81.7 Å². The molecule has 1 atom stereocenters. The number of hydrogen-bond donors (Lipinski definition) is 0. The SMILES string of the molecule is O=C(c1sccc1-n1cnnn1)N1CCC[C@H]1Cn1cccn1. The molecule has 3 aromatic rings. The largest absolute Gasteiger partial charge is 0.333 e. The third-order valence-electron chi connectivity index (χ3n) is 4.03. The lowest BCUT2D eigenvalue weighted by Crippen LogP contribution is -2.38. The number of rotatable bonds is 4. The predicted octanol–water partition coefficient (Wildman–Crippen LogP) is 1.23. The Labute approximate surface area is 136 Å². The summed E-state index contributed by atoms with van der Waals surface area (Å²) in [5, 5.41) is 17.3. The predicted molar refractivity (Wildman–Crippen MR) is 83.3 cm³/mol. The molecule has 118 valence electrons. The Bertz CT molecular complexity index is 780. The number of aromatic nitrogens is 6. The summed E-state index contributed by atoms with van der Waals surface area (Å²) >= 11 is 1.42. The van der Waals surface area contributed by atoms with Crippen LogP contribution < -0.4 is 0 Å². The van der Waals surface area contributed by atoms with E-state index >= 15 is 0 Å². The first-order valence-electron chi connectivity index (χ1n) is 7.42. The van der Waals surface area contributed by atoms with Crippen molar-refractivity contribution in [1.82, 2.24) is 34.9 Å². The van der Waals surface area contributed by atoms with E-state index in [-0.39, 0.29) is 11.9 Å². The second-order valence-corrected chi connectivity index (χ2v) is 6.33. The molecule has 3 aromatic heterocycles. The lowest BCUT2D eigenvalue weighted by Gasteiger charge is -2.24. The molecule has 0 aromatic carbocycles. The van der Waals surface area contributed by atoms with Crippen molar-refractivity contribution in [3.05, 3.63) is 41.1 Å². The van der Waals surface area contributed by atoms with Gasteiger partial charge in [0.25, 0.3) is 5.91 Å². The molecule has 9 heteroatoms. The van der Waals surface area contributed by atoms with Crippen molar-refractivity contribution < 1.29 is 4.79 Å². The fourth-order valence-corrected chi connectivity index (χ4v) is 3.80. The maximum atomic E-state index is 13.0. The Morgan fingerprint density at radius 1 is 1.43 bits per heavy atom. The minimum absolute atomic E-state index is 0.0418. The summed E-state index contributed by atoms with van der Waals surface area (Å²) in [6.45, 7) is 1.50. The molecule has 0 N–H and O–H groups in total. The molecule has 0 radical (unpaired) electrons. The van der Waals surface area contributed by atoms with Crippen LogP contribution in [0.3, 0.4) is 0 Å². The van der Waals surface area contributed by atoms with Crippen molar-refractivity contribution >= 4 is 17.2 Å². The van der Waals surface area contributed by atoms with E-state index in [1.165, 1.54) is 22.3 Å². The highest BCUT2D eigenvalue weighted by atomic mass is 32.1. The van der Waals surface area contributed by atoms with E-state index in [2.05, 4.69) is 20.6 Å². The molecule has 0 bridgehead atoms. The van der Waals surface area contributed by atoms with Gasteiger partial charge in [-0.1, -0.05) is 0 Å². The zero-order chi connectivity index (χ0) is 15.6. The first kappa shape index (κ1) is 14.1. The van der Waals surface area contributed by atoms with Gasteiger partial charge in [-0.25, -0.2) is 0 Å². The van der Waals surface area contributed by atoms with Gasteiger partial charge in [0.05, 0.1) is 18.3 Å². The average molecular weight is 329 g/mol. The first-order chi connectivity index (χ1) is 11.3. The van der Waals surface area contributed by atoms with Crippen molar-refractivity contribution in [2.45, 2.75) is 25.4 Å². The van der Waals surface area contributed by atoms with Crippen LogP contribution >= 0.6 is 11.3 Å². The number of nitrogens with zero attached hydrogens (tertiary/aromatic N) is 7. The van der Waals surface area contributed by atoms with E-state index in [1.807, 2.05) is 33.3 Å². The van der Waals surface area contributed by atoms with E-state index in [0.29, 0.717) is 4.88 Å². The fraction of sp³-hybridized carbons (Fsp3) is 0.357. The Balaban J connectivity index is 1.58. The van der Waals surface area contributed by atoms with Crippen LogP contribution in [0.25, 0.3) is 5.69 Å². The zero-order valence-electron chi connectivity index (χ0n) is 12.3. The van der Waals surface area contributed by atoms with Crippen molar-refractivity contribution in [2.24, 2.45) is 0 Å². The van der Waals surface area contributed by atoms with Gasteiger partial charge in [0.1, 0.15) is 11.2 Å². The van der Waals surface area contributed by atoms with Gasteiger partial charge in [0, 0.05) is 18.9 Å². The van der Waals surface area contributed by atoms with Crippen LogP contribution in [-0.2, 0) is 6.54 Å². The Hall–Kier alpha value is -2.55. The highest BCUT2D eigenvalue weighted by Crippen LogP contribution is 2.27. The number of carbonyl (C=O) groups is 1. The summed E-state index contributed by atoms with van der Waals surface area (Å²) in [5.74, 6) is 0.0418. The van der Waals surface area contributed by atoms with Gasteiger partial charge in [-0.3, -0.25) is 9.48 Å². The van der Waals surface area contributed by atoms with Crippen LogP contribution in [0.4, 0.5) is 0 Å². The number of likely N-dealkylation sites (tertiary alicyclic amines) is 1. The summed E-state index contributed by atoms with van der Waals surface area (Å²) in [6.07, 6.45) is 7.21. The smallest absolute Gasteiger partial charge is 0.266 e. The van der Waals surface area contributed by atoms with E-state index in [4.69, 9.17) is 0 Å². The lowest BCUT2D eigenvalue weighted by atomic mass is 10.2. The Morgan fingerprint density at radius 3 is 3.17 bits per heavy atom. The molecule has 23 heavy (non-hydrogen) atoms. The van der Waals surface area contributed by atoms with Gasteiger partial charge in [-0.15, -0.1) is 16.4 Å². The Morgan fingerprint density at radius 2 is 2.39 bits per heavy atom. The van der Waals surface area contributed by atoms with E-state index in [0.717, 1.165) is 31.6 Å². The zero-order valence-corrected chi connectivity index (χ0v) is 13.1. The average Bonchev–Trinajstić information content (AvgIpc) is 3.33. The van der Waals surface area contributed by atoms with Crippen LogP contribution in [0.2, 0.25) is 0 Å². The van der Waals surface area contributed by atoms with Gasteiger partial charge in [0.2, 0.25) is 0 Å². The molecule has 1 aliphatic rings. The number of thiophene rings is 1. The molecule has 0 unspecified atom stereocenters. The molecule has 4 heterocycles. The molecule has 0 aliphatic carbocycles. The molecule has 8 nitrogen and oxygen atoms in total. The number of carbonyl (C=O) groups excluding carboxylic acids is 1. The van der Waals surface area contributed by atoms with Gasteiger partial charge >= 0.3 is 0 Å². The van der Waals surface area contributed by atoms with Crippen LogP contribution in [0.15, 0.2) is 36.2 Å². The number of tetrazole rings is 1. The fourth-order valence-electron chi connectivity index (χ4n) is 2.96. The highest BCUT2D eigenvalue weighted by Gasteiger charge is 2.31. The van der Waals surface area contributed by atoms with Crippen molar-refractivity contribution in [3.63, 3.8) is 0 Å². The molecule has 4 rings (SSSR count). The van der Waals surface area contributed by atoms with Gasteiger partial charge in [-0.05, 0) is 40.8 Å². The minimum atomic E-state index is 0.0418. The molecule has 1 aliphatic heterocycles. The van der Waals surface area contributed by atoms with Crippen LogP contribution in [0, 0.1) is 0 Å². The molecule has 0 spiro atoms. The highest BCUT2D eigenvalue weighted by molar-refractivity contribution is 7.12. The molecule has 0 saturated carbocycles. The lowest BCUT2D eigenvalue weighted by molar-refractivity contribution is 0.0726. The van der Waals surface area contributed by atoms with Crippen LogP contribution in [-0.4, -0.2) is 53.4 Å². The van der Waals surface area contributed by atoms with E-state index in [1.54, 1.807) is 6.20 Å². The maximum Gasteiger partial charge on any atom is 0.266 e. The molecule has 1 saturated heterocycles. The Kier molecular flexibility index (Phi) is 3.62. The third-order valence-corrected chi connectivity index (χ3v) is 4.92. The van der Waals surface area contributed by atoms with E-state index < -0.39 is 0 Å². The van der Waals surface area contributed by atoms with Gasteiger partial charge in [0.15, 0.2) is 0 Å². The summed E-state index contributed by atoms with van der Waals surface area (Å²) in [7, 11) is 0. The molecular weight excluding hydrogens is 314 g/mol. The summed E-state index contributed by atoms with van der Waals surface area (Å²) in [4.78, 5) is 15.6. The number of hydrogen-bond acceptors (Lipinski definition) is 6. The van der Waals surface area contributed by atoms with Crippen molar-refractivity contribution in [1.29, 1.82) is 0 Å². The van der Waals surface area contributed by atoms with Crippen LogP contribution in [0.5, 0.6) is 0 Å². The first-order valence-corrected chi connectivity index (χ1v) is 8.30. The minimum Gasteiger partial charge on any atom is -0.333 e. The maximum absolute atomic E-state index is 13.0. The molecule has 1 amide bonds. The quantitative estimate of drug-likeness (QED) is 0.719. The van der Waals surface area contributed by atoms with Gasteiger partial charge in [-0.2, -0.15) is 9.78 Å². The van der Waals surface area contributed by atoms with Crippen molar-refractivity contribution in [2.75, 3.05) is 6.54 Å². The second-order valence-electron chi connectivity index (χ2n) is 5.41. The number of amides is 1. The van der Waals surface area contributed by atoms with E-state index in [9.17, 15) is 4.79 Å². The normalized spacial score (nSPS) is 17.7. The summed E-state index contributed by atoms with van der Waals surface area (Å²) in [5.41, 5.74) is 0.731. The van der Waals surface area contributed by atoms with Crippen LogP contribution in [0.1, 0.15) is 22.5 Å².